The molecule has 1 heterocycles. The van der Waals surface area contributed by atoms with Crippen LogP contribution in [0.2, 0.25) is 0 Å². The van der Waals surface area contributed by atoms with Crippen molar-refractivity contribution in [2.75, 3.05) is 5.32 Å². The Bertz CT molecular complexity index is 818. The lowest BCUT2D eigenvalue weighted by atomic mass is 9.77. The molecule has 2 aromatic carbocycles. The van der Waals surface area contributed by atoms with Crippen molar-refractivity contribution in [3.63, 3.8) is 0 Å². The molecular weight excluding hydrogens is 356 g/mol. The summed E-state index contributed by atoms with van der Waals surface area (Å²) in [5.74, 6) is 0.603. The van der Waals surface area contributed by atoms with Gasteiger partial charge in [0.05, 0.1) is 16.5 Å². The first kappa shape index (κ1) is 14.5. The van der Waals surface area contributed by atoms with E-state index in [2.05, 4.69) is 39.5 Å². The highest BCUT2D eigenvalue weighted by molar-refractivity contribution is 9.10. The number of anilines is 1. The number of fused-ring (bicyclic) bond motifs is 3. The molecule has 0 bridgehead atoms. The molecule has 1 N–H and O–H groups in total. The van der Waals surface area contributed by atoms with E-state index in [4.69, 9.17) is 0 Å². The van der Waals surface area contributed by atoms with E-state index in [0.717, 1.165) is 22.1 Å². The largest absolute Gasteiger partial charge is 0.377 e. The van der Waals surface area contributed by atoms with E-state index in [1.807, 2.05) is 24.3 Å². The molecule has 1 aliphatic heterocycles. The Balaban J connectivity index is 1.83. The lowest BCUT2D eigenvalue weighted by Gasteiger charge is -2.37. The van der Waals surface area contributed by atoms with Crippen molar-refractivity contribution in [1.29, 1.82) is 0 Å². The first-order chi connectivity index (χ1) is 11.1. The van der Waals surface area contributed by atoms with Gasteiger partial charge in [0.1, 0.15) is 0 Å². The van der Waals surface area contributed by atoms with Crippen LogP contribution in [0.3, 0.4) is 0 Å². The van der Waals surface area contributed by atoms with Crippen LogP contribution < -0.4 is 5.32 Å². The standard InChI is InChI=1S/C18H15BrN2O2/c19-11-8-9-16-15(10-11)12-5-3-6-13(12)18(20-16)14-4-1-2-7-17(14)21(22)23/h1-5,7-10,12-13,18,20H,6H2/t12-,13+,18-/m0/s1. The van der Waals surface area contributed by atoms with Crippen molar-refractivity contribution in [3.8, 4) is 0 Å². The van der Waals surface area contributed by atoms with Gasteiger partial charge in [0.25, 0.3) is 5.69 Å². The van der Waals surface area contributed by atoms with Gasteiger partial charge in [-0.15, -0.1) is 0 Å². The molecule has 0 radical (unpaired) electrons. The van der Waals surface area contributed by atoms with Crippen LogP contribution in [0.1, 0.15) is 29.5 Å². The Kier molecular flexibility index (Phi) is 3.45. The molecule has 0 aromatic heterocycles. The number of benzene rings is 2. The third kappa shape index (κ3) is 2.36. The van der Waals surface area contributed by atoms with Crippen molar-refractivity contribution in [2.24, 2.45) is 5.92 Å². The van der Waals surface area contributed by atoms with Gasteiger partial charge in [0.15, 0.2) is 0 Å². The SMILES string of the molecule is O=[N+]([O-])c1ccccc1[C@H]1Nc2ccc(Br)cc2[C@H]2C=CC[C@H]21. The lowest BCUT2D eigenvalue weighted by Crippen LogP contribution is -2.29. The highest BCUT2D eigenvalue weighted by atomic mass is 79.9. The summed E-state index contributed by atoms with van der Waals surface area (Å²) in [6.07, 6.45) is 5.35. The maximum Gasteiger partial charge on any atom is 0.274 e. The first-order valence-corrected chi connectivity index (χ1v) is 8.40. The smallest absolute Gasteiger partial charge is 0.274 e. The number of para-hydroxylation sites is 1. The monoisotopic (exact) mass is 370 g/mol. The van der Waals surface area contributed by atoms with E-state index >= 15 is 0 Å². The van der Waals surface area contributed by atoms with Crippen LogP contribution in [0, 0.1) is 16.0 Å². The minimum atomic E-state index is -0.286. The Labute approximate surface area is 142 Å². The fraction of sp³-hybridized carbons (Fsp3) is 0.222. The van der Waals surface area contributed by atoms with E-state index in [1.54, 1.807) is 12.1 Å². The zero-order valence-corrected chi connectivity index (χ0v) is 13.9. The van der Waals surface area contributed by atoms with E-state index < -0.39 is 0 Å². The summed E-state index contributed by atoms with van der Waals surface area (Å²) >= 11 is 3.54. The molecule has 0 fully saturated rings. The van der Waals surface area contributed by atoms with Crippen LogP contribution in [-0.4, -0.2) is 4.92 Å². The second-order valence-electron chi connectivity index (χ2n) is 6.02. The Hall–Kier alpha value is -2.14. The molecule has 5 heteroatoms. The fourth-order valence-corrected chi connectivity index (χ4v) is 4.17. The summed E-state index contributed by atoms with van der Waals surface area (Å²) in [5, 5.41) is 14.9. The minimum absolute atomic E-state index is 0.0507. The Morgan fingerprint density at radius 1 is 1.17 bits per heavy atom. The van der Waals surface area contributed by atoms with Gasteiger partial charge in [-0.1, -0.05) is 46.3 Å². The zero-order valence-electron chi connectivity index (χ0n) is 12.3. The van der Waals surface area contributed by atoms with E-state index in [9.17, 15) is 10.1 Å². The summed E-state index contributed by atoms with van der Waals surface area (Å²) in [6, 6.07) is 13.2. The fourth-order valence-electron chi connectivity index (χ4n) is 3.79. The average molecular weight is 371 g/mol. The number of halogens is 1. The molecule has 4 nitrogen and oxygen atoms in total. The third-order valence-corrected chi connectivity index (χ3v) is 5.29. The molecule has 0 saturated heterocycles. The van der Waals surface area contributed by atoms with Gasteiger partial charge in [-0.05, 0) is 36.1 Å². The molecule has 0 unspecified atom stereocenters. The molecule has 4 rings (SSSR count). The van der Waals surface area contributed by atoms with Gasteiger partial charge < -0.3 is 5.32 Å². The average Bonchev–Trinajstić information content (AvgIpc) is 3.04. The summed E-state index contributed by atoms with van der Waals surface area (Å²) in [6.45, 7) is 0. The molecule has 0 amide bonds. The molecule has 2 aliphatic rings. The van der Waals surface area contributed by atoms with Crippen LogP contribution in [0.15, 0.2) is 59.1 Å². The normalized spacial score (nSPS) is 24.7. The quantitative estimate of drug-likeness (QED) is 0.449. The number of rotatable bonds is 2. The maximum atomic E-state index is 11.4. The van der Waals surface area contributed by atoms with Gasteiger partial charge in [-0.3, -0.25) is 10.1 Å². The van der Waals surface area contributed by atoms with E-state index in [-0.39, 0.29) is 16.7 Å². The number of nitrogens with one attached hydrogen (secondary N) is 1. The summed E-state index contributed by atoms with van der Waals surface area (Å²) in [4.78, 5) is 11.1. The van der Waals surface area contributed by atoms with Gasteiger partial charge in [0.2, 0.25) is 0 Å². The summed E-state index contributed by atoms with van der Waals surface area (Å²) in [7, 11) is 0. The predicted molar refractivity (Wildman–Crippen MR) is 93.6 cm³/mol. The van der Waals surface area contributed by atoms with Gasteiger partial charge in [0, 0.05) is 22.1 Å². The Morgan fingerprint density at radius 2 is 2.00 bits per heavy atom. The molecule has 3 atom stereocenters. The summed E-state index contributed by atoms with van der Waals surface area (Å²) < 4.78 is 1.06. The number of nitro benzene ring substituents is 1. The van der Waals surface area contributed by atoms with Crippen LogP contribution in [0.25, 0.3) is 0 Å². The van der Waals surface area contributed by atoms with Crippen LogP contribution in [-0.2, 0) is 0 Å². The van der Waals surface area contributed by atoms with Crippen molar-refractivity contribution in [1.82, 2.24) is 0 Å². The molecule has 0 spiro atoms. The molecule has 23 heavy (non-hydrogen) atoms. The Morgan fingerprint density at radius 3 is 2.83 bits per heavy atom. The highest BCUT2D eigenvalue weighted by Gasteiger charge is 2.40. The van der Waals surface area contributed by atoms with Crippen molar-refractivity contribution < 1.29 is 4.92 Å². The number of allylic oxidation sites excluding steroid dienone is 2. The topological polar surface area (TPSA) is 55.2 Å². The number of hydrogen-bond donors (Lipinski definition) is 1. The number of nitrogens with zero attached hydrogens (tertiary/aromatic N) is 1. The minimum Gasteiger partial charge on any atom is -0.377 e. The third-order valence-electron chi connectivity index (χ3n) is 4.79. The van der Waals surface area contributed by atoms with Crippen LogP contribution >= 0.6 is 15.9 Å². The molecule has 0 saturated carbocycles. The van der Waals surface area contributed by atoms with Crippen molar-refractivity contribution in [3.05, 3.63) is 80.3 Å². The van der Waals surface area contributed by atoms with E-state index in [0.29, 0.717) is 11.8 Å². The first-order valence-electron chi connectivity index (χ1n) is 7.61. The van der Waals surface area contributed by atoms with Crippen LogP contribution in [0.5, 0.6) is 0 Å². The second kappa shape index (κ2) is 5.49. The molecular formula is C18H15BrN2O2. The maximum absolute atomic E-state index is 11.4. The van der Waals surface area contributed by atoms with Gasteiger partial charge in [-0.25, -0.2) is 0 Å². The van der Waals surface area contributed by atoms with E-state index in [1.165, 1.54) is 5.56 Å². The van der Waals surface area contributed by atoms with Crippen LogP contribution in [0.4, 0.5) is 11.4 Å². The second-order valence-corrected chi connectivity index (χ2v) is 6.94. The summed E-state index contributed by atoms with van der Waals surface area (Å²) in [5.41, 5.74) is 3.28. The lowest BCUT2D eigenvalue weighted by molar-refractivity contribution is -0.385. The molecule has 116 valence electrons. The zero-order chi connectivity index (χ0) is 16.0. The molecule has 1 aliphatic carbocycles. The van der Waals surface area contributed by atoms with Gasteiger partial charge in [-0.2, -0.15) is 0 Å². The number of nitro groups is 1. The van der Waals surface area contributed by atoms with Gasteiger partial charge >= 0.3 is 0 Å². The highest BCUT2D eigenvalue weighted by Crippen LogP contribution is 2.51. The molecule has 2 aromatic rings. The van der Waals surface area contributed by atoms with Crippen molar-refractivity contribution >= 4 is 27.3 Å². The predicted octanol–water partition coefficient (Wildman–Crippen LogP) is 5.18. The number of hydrogen-bond acceptors (Lipinski definition) is 3. The van der Waals surface area contributed by atoms with Crippen molar-refractivity contribution in [2.45, 2.75) is 18.4 Å².